The molecule has 1 aromatic rings. The third kappa shape index (κ3) is 5.23. The van der Waals surface area contributed by atoms with Crippen LogP contribution in [0.3, 0.4) is 0 Å². The van der Waals surface area contributed by atoms with E-state index in [9.17, 15) is 9.59 Å². The molecule has 5 nitrogen and oxygen atoms in total. The molecule has 2 saturated carbocycles. The van der Waals surface area contributed by atoms with Gasteiger partial charge in [-0.2, -0.15) is 0 Å². The molecular weight excluding hydrogens is 452 g/mol. The number of ether oxygens (including phenoxy) is 3. The van der Waals surface area contributed by atoms with Crippen LogP contribution in [0.2, 0.25) is 0 Å². The maximum absolute atomic E-state index is 13.6. The van der Waals surface area contributed by atoms with Crippen LogP contribution in [0.15, 0.2) is 12.1 Å². The van der Waals surface area contributed by atoms with Gasteiger partial charge in [0.2, 0.25) is 0 Å². The van der Waals surface area contributed by atoms with E-state index in [-0.39, 0.29) is 34.6 Å². The standard InChI is InChI=1S/C31H46O5/c1-7-8-9-10-15-29(2,3)21-18-25(35-28(33)31(34-6)16-11-12-17-31)27-23-20-22(32)13-14-24(23)30(4,5)36-26(27)19-21/h18-19,23-24H,7-17,20H2,1-6H3. The fourth-order valence-electron chi connectivity index (χ4n) is 6.80. The molecule has 200 valence electrons. The van der Waals surface area contributed by atoms with Gasteiger partial charge in [0, 0.05) is 37.4 Å². The molecule has 1 heterocycles. The summed E-state index contributed by atoms with van der Waals surface area (Å²) in [5.74, 6) is 1.51. The molecule has 2 aliphatic carbocycles. The average molecular weight is 499 g/mol. The Morgan fingerprint density at radius 3 is 2.53 bits per heavy atom. The lowest BCUT2D eigenvalue weighted by molar-refractivity contribution is -0.158. The fraction of sp³-hybridized carbons (Fsp3) is 0.742. The highest BCUT2D eigenvalue weighted by Gasteiger charge is 2.49. The summed E-state index contributed by atoms with van der Waals surface area (Å²) in [4.78, 5) is 26.2. The molecule has 0 spiro atoms. The quantitative estimate of drug-likeness (QED) is 0.201. The minimum atomic E-state index is -0.880. The minimum absolute atomic E-state index is 0.00316. The second-order valence-electron chi connectivity index (χ2n) is 12.6. The van der Waals surface area contributed by atoms with E-state index < -0.39 is 5.60 Å². The lowest BCUT2D eigenvalue weighted by Crippen LogP contribution is -2.47. The predicted octanol–water partition coefficient (Wildman–Crippen LogP) is 7.42. The van der Waals surface area contributed by atoms with Crippen molar-refractivity contribution in [3.05, 3.63) is 23.3 Å². The van der Waals surface area contributed by atoms with Crippen LogP contribution in [0.1, 0.15) is 129 Å². The number of esters is 1. The van der Waals surface area contributed by atoms with Crippen LogP contribution in [-0.4, -0.2) is 30.1 Å². The van der Waals surface area contributed by atoms with E-state index in [0.717, 1.165) is 49.0 Å². The highest BCUT2D eigenvalue weighted by atomic mass is 16.6. The van der Waals surface area contributed by atoms with Crippen molar-refractivity contribution in [3.8, 4) is 11.5 Å². The molecule has 1 aromatic carbocycles. The van der Waals surface area contributed by atoms with E-state index in [1.807, 2.05) is 0 Å². The number of fused-ring (bicyclic) bond motifs is 3. The molecule has 0 aromatic heterocycles. The van der Waals surface area contributed by atoms with Crippen molar-refractivity contribution in [1.29, 1.82) is 0 Å². The highest BCUT2D eigenvalue weighted by molar-refractivity contribution is 5.84. The topological polar surface area (TPSA) is 61.8 Å². The Hall–Kier alpha value is -1.88. The Balaban J connectivity index is 1.76. The van der Waals surface area contributed by atoms with E-state index in [4.69, 9.17) is 14.2 Å². The largest absolute Gasteiger partial charge is 0.487 e. The van der Waals surface area contributed by atoms with E-state index in [2.05, 4.69) is 46.8 Å². The van der Waals surface area contributed by atoms with Crippen LogP contribution < -0.4 is 9.47 Å². The zero-order valence-corrected chi connectivity index (χ0v) is 23.3. The van der Waals surface area contributed by atoms with Crippen molar-refractivity contribution >= 4 is 11.8 Å². The number of unbranched alkanes of at least 4 members (excludes halogenated alkanes) is 3. The second-order valence-corrected chi connectivity index (χ2v) is 12.6. The summed E-state index contributed by atoms with van der Waals surface area (Å²) in [6, 6.07) is 4.22. The molecule has 36 heavy (non-hydrogen) atoms. The molecule has 3 aliphatic rings. The number of Topliss-reactive ketones (excluding diaryl/α,β-unsaturated/α-hetero) is 1. The Morgan fingerprint density at radius 1 is 1.14 bits per heavy atom. The van der Waals surface area contributed by atoms with Crippen LogP contribution in [0.5, 0.6) is 11.5 Å². The van der Waals surface area contributed by atoms with Crippen molar-refractivity contribution in [2.24, 2.45) is 5.92 Å². The van der Waals surface area contributed by atoms with E-state index in [1.54, 1.807) is 7.11 Å². The third-order valence-corrected chi connectivity index (χ3v) is 9.22. The zero-order valence-electron chi connectivity index (χ0n) is 23.3. The van der Waals surface area contributed by atoms with Crippen LogP contribution in [-0.2, 0) is 19.7 Å². The van der Waals surface area contributed by atoms with Gasteiger partial charge in [0.1, 0.15) is 22.9 Å². The molecule has 0 radical (unpaired) electrons. The van der Waals surface area contributed by atoms with Crippen molar-refractivity contribution in [1.82, 2.24) is 0 Å². The molecule has 2 fully saturated rings. The van der Waals surface area contributed by atoms with Gasteiger partial charge in [-0.05, 0) is 75.5 Å². The summed E-state index contributed by atoms with van der Waals surface area (Å²) in [6.45, 7) is 11.0. The number of hydrogen-bond acceptors (Lipinski definition) is 5. The SMILES string of the molecule is CCCCCCC(C)(C)c1cc(OC(=O)C2(OC)CCCC2)c2c(c1)OC(C)(C)C1CCC(=O)CC21. The lowest BCUT2D eigenvalue weighted by Gasteiger charge is -2.47. The first kappa shape index (κ1) is 27.2. The first-order chi connectivity index (χ1) is 17.0. The van der Waals surface area contributed by atoms with Crippen LogP contribution >= 0.6 is 0 Å². The summed E-state index contributed by atoms with van der Waals surface area (Å²) in [7, 11) is 1.61. The molecule has 0 amide bonds. The molecule has 5 heteroatoms. The van der Waals surface area contributed by atoms with E-state index in [0.29, 0.717) is 31.4 Å². The molecule has 2 unspecified atom stereocenters. The number of benzene rings is 1. The van der Waals surface area contributed by atoms with Crippen molar-refractivity contribution in [2.45, 2.75) is 134 Å². The maximum atomic E-state index is 13.6. The molecule has 0 saturated heterocycles. The van der Waals surface area contributed by atoms with E-state index in [1.165, 1.54) is 19.3 Å². The van der Waals surface area contributed by atoms with Gasteiger partial charge in [-0.3, -0.25) is 4.79 Å². The smallest absolute Gasteiger partial charge is 0.343 e. The first-order valence-electron chi connectivity index (χ1n) is 14.2. The van der Waals surface area contributed by atoms with Crippen LogP contribution in [0.25, 0.3) is 0 Å². The molecule has 0 N–H and O–H groups in total. The lowest BCUT2D eigenvalue weighted by atomic mass is 9.66. The maximum Gasteiger partial charge on any atom is 0.343 e. The normalized spacial score (nSPS) is 24.6. The van der Waals surface area contributed by atoms with Crippen molar-refractivity contribution < 1.29 is 23.8 Å². The Bertz CT molecular complexity index is 969. The number of carbonyl (C=O) groups is 2. The number of carbonyl (C=O) groups excluding carboxylic acids is 2. The summed E-state index contributed by atoms with van der Waals surface area (Å²) in [6.07, 6.45) is 11.0. The number of rotatable bonds is 9. The van der Waals surface area contributed by atoms with Gasteiger partial charge in [-0.1, -0.05) is 46.5 Å². The summed E-state index contributed by atoms with van der Waals surface area (Å²) in [5, 5.41) is 0. The van der Waals surface area contributed by atoms with E-state index >= 15 is 0 Å². The number of hydrogen-bond donors (Lipinski definition) is 0. The van der Waals surface area contributed by atoms with Crippen LogP contribution in [0.4, 0.5) is 0 Å². The van der Waals surface area contributed by atoms with Crippen LogP contribution in [0, 0.1) is 5.92 Å². The summed E-state index contributed by atoms with van der Waals surface area (Å²) >= 11 is 0. The number of ketones is 1. The highest BCUT2D eigenvalue weighted by Crippen LogP contribution is 2.55. The summed E-state index contributed by atoms with van der Waals surface area (Å²) in [5.41, 5.74) is 0.659. The molecular formula is C31H46O5. The van der Waals surface area contributed by atoms with Crippen molar-refractivity contribution in [2.75, 3.05) is 7.11 Å². The van der Waals surface area contributed by atoms with Gasteiger partial charge in [-0.15, -0.1) is 0 Å². The van der Waals surface area contributed by atoms with Crippen molar-refractivity contribution in [3.63, 3.8) is 0 Å². The zero-order chi connectivity index (χ0) is 26.1. The number of methoxy groups -OCH3 is 1. The Labute approximate surface area is 217 Å². The van der Waals surface area contributed by atoms with Gasteiger partial charge >= 0.3 is 5.97 Å². The summed E-state index contributed by atoms with van der Waals surface area (Å²) < 4.78 is 18.7. The predicted molar refractivity (Wildman–Crippen MR) is 142 cm³/mol. The third-order valence-electron chi connectivity index (χ3n) is 9.22. The van der Waals surface area contributed by atoms with Gasteiger partial charge in [0.25, 0.3) is 0 Å². The van der Waals surface area contributed by atoms with Gasteiger partial charge < -0.3 is 14.2 Å². The monoisotopic (exact) mass is 498 g/mol. The fourth-order valence-corrected chi connectivity index (χ4v) is 6.80. The Morgan fingerprint density at radius 2 is 1.86 bits per heavy atom. The minimum Gasteiger partial charge on any atom is -0.487 e. The molecule has 0 bridgehead atoms. The first-order valence-corrected chi connectivity index (χ1v) is 14.2. The average Bonchev–Trinajstić information content (AvgIpc) is 3.31. The Kier molecular flexibility index (Phi) is 7.90. The second kappa shape index (κ2) is 10.5. The molecule has 2 atom stereocenters. The molecule has 4 rings (SSSR count). The molecule has 1 aliphatic heterocycles. The van der Waals surface area contributed by atoms with Gasteiger partial charge in [-0.25, -0.2) is 4.79 Å². The van der Waals surface area contributed by atoms with Gasteiger partial charge in [0.05, 0.1) is 0 Å². The van der Waals surface area contributed by atoms with Gasteiger partial charge in [0.15, 0.2) is 5.60 Å².